The molecule has 192 valence electrons. The number of halogens is 2. The van der Waals surface area contributed by atoms with Gasteiger partial charge in [-0.05, 0) is 37.8 Å². The summed E-state index contributed by atoms with van der Waals surface area (Å²) in [7, 11) is 3.54. The van der Waals surface area contributed by atoms with E-state index in [-0.39, 0.29) is 29.6 Å². The number of hydrogen-bond donors (Lipinski definition) is 0. The third-order valence-electron chi connectivity index (χ3n) is 6.73. The number of nitrogens with zero attached hydrogens (tertiary/aromatic N) is 6. The van der Waals surface area contributed by atoms with Gasteiger partial charge in [-0.25, -0.2) is 13.8 Å². The number of carbonyl (C=O) groups is 1. The summed E-state index contributed by atoms with van der Waals surface area (Å²) < 4.78 is 41.2. The first kappa shape index (κ1) is 24.4. The molecule has 0 spiro atoms. The summed E-state index contributed by atoms with van der Waals surface area (Å²) in [5.41, 5.74) is 0.999. The molecule has 0 bridgehead atoms. The molecule has 1 aliphatic heterocycles. The molecule has 1 saturated carbocycles. The minimum atomic E-state index is -2.78. The summed E-state index contributed by atoms with van der Waals surface area (Å²) >= 11 is 0. The molecule has 3 aromatic rings. The fourth-order valence-corrected chi connectivity index (χ4v) is 4.88. The number of rotatable bonds is 6. The Bertz CT molecular complexity index is 1220. The number of para-hydroxylation sites is 2. The van der Waals surface area contributed by atoms with Gasteiger partial charge in [-0.15, -0.1) is 0 Å². The summed E-state index contributed by atoms with van der Waals surface area (Å²) in [4.78, 5) is 29.4. The Morgan fingerprint density at radius 3 is 2.50 bits per heavy atom. The minimum absolute atomic E-state index is 0.00404. The Kier molecular flexibility index (Phi) is 6.99. The van der Waals surface area contributed by atoms with E-state index in [1.54, 1.807) is 49.3 Å². The predicted octanol–water partition coefficient (Wildman–Crippen LogP) is 3.62. The van der Waals surface area contributed by atoms with Crippen molar-refractivity contribution in [2.24, 2.45) is 5.92 Å². The Morgan fingerprint density at radius 1 is 1.08 bits per heavy atom. The topological polar surface area (TPSA) is 85.6 Å². The zero-order valence-electron chi connectivity index (χ0n) is 20.4. The number of ether oxygens (including phenoxy) is 2. The highest BCUT2D eigenvalue weighted by Gasteiger charge is 2.29. The van der Waals surface area contributed by atoms with Gasteiger partial charge in [0, 0.05) is 39.2 Å². The summed E-state index contributed by atoms with van der Waals surface area (Å²) in [6.45, 7) is 2.24. The van der Waals surface area contributed by atoms with Crippen LogP contribution in [0.15, 0.2) is 30.3 Å². The minimum Gasteiger partial charge on any atom is -0.474 e. The maximum absolute atomic E-state index is 14.0. The lowest BCUT2D eigenvalue weighted by molar-refractivity contribution is -0.134. The van der Waals surface area contributed by atoms with Crippen molar-refractivity contribution in [2.45, 2.75) is 38.2 Å². The second-order valence-corrected chi connectivity index (χ2v) is 9.38. The highest BCUT2D eigenvalue weighted by atomic mass is 19.3. The van der Waals surface area contributed by atoms with E-state index in [0.717, 1.165) is 12.8 Å². The summed E-state index contributed by atoms with van der Waals surface area (Å²) in [6.07, 6.45) is -0.00639. The number of carbonyl (C=O) groups excluding carboxylic acids is 1. The SMILES string of the molecule is CN(C)C(=O)[C@H]1CC[C@H](Oc2cc(-n3c(C(F)F)nc4ccccc43)nc(N3CCOCC3)n2)CC1. The lowest BCUT2D eigenvalue weighted by Gasteiger charge is -2.30. The van der Waals surface area contributed by atoms with Crippen LogP contribution in [0, 0.1) is 5.92 Å². The average Bonchev–Trinajstić information content (AvgIpc) is 3.29. The van der Waals surface area contributed by atoms with Gasteiger partial charge in [-0.2, -0.15) is 9.97 Å². The third kappa shape index (κ3) is 4.97. The molecule has 5 rings (SSSR count). The Balaban J connectivity index is 1.48. The predicted molar refractivity (Wildman–Crippen MR) is 130 cm³/mol. The second-order valence-electron chi connectivity index (χ2n) is 9.38. The molecule has 2 aromatic heterocycles. The van der Waals surface area contributed by atoms with Crippen molar-refractivity contribution in [1.29, 1.82) is 0 Å². The number of aromatic nitrogens is 4. The molecule has 1 aliphatic carbocycles. The standard InChI is InChI=1S/C25H30F2N6O3/c1-31(2)24(34)16-7-9-17(10-8-16)36-21-15-20(29-25(30-21)32-11-13-35-14-12-32)33-19-6-4-3-5-18(19)28-23(33)22(26)27/h3-6,15-17,22H,7-14H2,1-2H3/t16-,17-. The van der Waals surface area contributed by atoms with Gasteiger partial charge in [0.25, 0.3) is 6.43 Å². The van der Waals surface area contributed by atoms with E-state index in [0.29, 0.717) is 62.0 Å². The summed E-state index contributed by atoms with van der Waals surface area (Å²) in [6, 6.07) is 8.59. The highest BCUT2D eigenvalue weighted by Crippen LogP contribution is 2.32. The maximum atomic E-state index is 14.0. The van der Waals surface area contributed by atoms with E-state index < -0.39 is 6.43 Å². The van der Waals surface area contributed by atoms with E-state index in [1.165, 1.54) is 4.57 Å². The maximum Gasteiger partial charge on any atom is 0.296 e. The first-order valence-electron chi connectivity index (χ1n) is 12.3. The molecular formula is C25H30F2N6O3. The fourth-order valence-electron chi connectivity index (χ4n) is 4.88. The first-order chi connectivity index (χ1) is 17.4. The highest BCUT2D eigenvalue weighted by molar-refractivity contribution is 5.78. The van der Waals surface area contributed by atoms with Gasteiger partial charge in [-0.1, -0.05) is 12.1 Å². The van der Waals surface area contributed by atoms with Crippen LogP contribution in [0.2, 0.25) is 0 Å². The normalized spacial score (nSPS) is 20.6. The van der Waals surface area contributed by atoms with Gasteiger partial charge in [-0.3, -0.25) is 9.36 Å². The van der Waals surface area contributed by atoms with Crippen LogP contribution in [0.3, 0.4) is 0 Å². The molecule has 36 heavy (non-hydrogen) atoms. The van der Waals surface area contributed by atoms with Gasteiger partial charge in [0.2, 0.25) is 17.7 Å². The van der Waals surface area contributed by atoms with Crippen molar-refractivity contribution in [3.05, 3.63) is 36.2 Å². The van der Waals surface area contributed by atoms with Crippen LogP contribution >= 0.6 is 0 Å². The van der Waals surface area contributed by atoms with Crippen molar-refractivity contribution in [3.8, 4) is 11.7 Å². The molecule has 0 radical (unpaired) electrons. The Morgan fingerprint density at radius 2 is 1.81 bits per heavy atom. The largest absolute Gasteiger partial charge is 0.474 e. The number of alkyl halides is 2. The molecule has 2 fully saturated rings. The van der Waals surface area contributed by atoms with Gasteiger partial charge >= 0.3 is 0 Å². The number of benzene rings is 1. The zero-order chi connectivity index (χ0) is 25.2. The van der Waals surface area contributed by atoms with E-state index >= 15 is 0 Å². The van der Waals surface area contributed by atoms with E-state index in [4.69, 9.17) is 9.47 Å². The van der Waals surface area contributed by atoms with Gasteiger partial charge in [0.1, 0.15) is 11.9 Å². The molecule has 0 atom stereocenters. The number of fused-ring (bicyclic) bond motifs is 1. The molecule has 1 saturated heterocycles. The van der Waals surface area contributed by atoms with Crippen LogP contribution in [0.1, 0.15) is 37.9 Å². The van der Waals surface area contributed by atoms with E-state index in [1.807, 2.05) is 4.90 Å². The smallest absolute Gasteiger partial charge is 0.296 e. The number of morpholine rings is 1. The first-order valence-corrected chi connectivity index (χ1v) is 12.3. The molecular weight excluding hydrogens is 470 g/mol. The molecule has 2 aliphatic rings. The quantitative estimate of drug-likeness (QED) is 0.511. The van der Waals surface area contributed by atoms with Crippen molar-refractivity contribution in [3.63, 3.8) is 0 Å². The van der Waals surface area contributed by atoms with Gasteiger partial charge in [0.05, 0.1) is 24.2 Å². The van der Waals surface area contributed by atoms with Crippen molar-refractivity contribution < 1.29 is 23.0 Å². The van der Waals surface area contributed by atoms with Crippen molar-refractivity contribution >= 4 is 22.9 Å². The molecule has 11 heteroatoms. The monoisotopic (exact) mass is 500 g/mol. The summed E-state index contributed by atoms with van der Waals surface area (Å²) in [5, 5.41) is 0. The number of hydrogen-bond acceptors (Lipinski definition) is 7. The van der Waals surface area contributed by atoms with Crippen LogP contribution in [0.5, 0.6) is 5.88 Å². The van der Waals surface area contributed by atoms with Gasteiger partial charge < -0.3 is 19.3 Å². The van der Waals surface area contributed by atoms with Crippen LogP contribution < -0.4 is 9.64 Å². The molecule has 1 aromatic carbocycles. The molecule has 0 unspecified atom stereocenters. The Labute approximate surface area is 208 Å². The van der Waals surface area contributed by atoms with E-state index in [9.17, 15) is 13.6 Å². The van der Waals surface area contributed by atoms with Crippen LogP contribution in [0.4, 0.5) is 14.7 Å². The zero-order valence-corrected chi connectivity index (χ0v) is 20.4. The van der Waals surface area contributed by atoms with Crippen molar-refractivity contribution in [1.82, 2.24) is 24.4 Å². The van der Waals surface area contributed by atoms with Crippen LogP contribution in [-0.4, -0.2) is 76.8 Å². The van der Waals surface area contributed by atoms with Crippen LogP contribution in [0.25, 0.3) is 16.9 Å². The number of imidazole rings is 1. The van der Waals surface area contributed by atoms with Crippen LogP contribution in [-0.2, 0) is 9.53 Å². The van der Waals surface area contributed by atoms with Crippen molar-refractivity contribution in [2.75, 3.05) is 45.3 Å². The Hall–Kier alpha value is -3.34. The molecule has 9 nitrogen and oxygen atoms in total. The molecule has 3 heterocycles. The number of amides is 1. The second kappa shape index (κ2) is 10.3. The number of anilines is 1. The third-order valence-corrected chi connectivity index (χ3v) is 6.73. The lowest BCUT2D eigenvalue weighted by atomic mass is 9.86. The summed E-state index contributed by atoms with van der Waals surface area (Å²) in [5.74, 6) is 0.759. The lowest BCUT2D eigenvalue weighted by Crippen LogP contribution is -2.37. The molecule has 0 N–H and O–H groups in total. The van der Waals surface area contributed by atoms with E-state index in [2.05, 4.69) is 15.0 Å². The average molecular weight is 501 g/mol. The fraction of sp³-hybridized carbons (Fsp3) is 0.520. The van der Waals surface area contributed by atoms with Gasteiger partial charge in [0.15, 0.2) is 5.82 Å². The molecule has 1 amide bonds.